The van der Waals surface area contributed by atoms with E-state index in [0.29, 0.717) is 51.4 Å². The van der Waals surface area contributed by atoms with Crippen LogP contribution in [0.5, 0.6) is 11.6 Å². The van der Waals surface area contributed by atoms with Crippen LogP contribution in [0.25, 0.3) is 43.7 Å². The van der Waals surface area contributed by atoms with E-state index in [-0.39, 0.29) is 36.2 Å². The molecule has 0 amide bonds. The maximum Gasteiger partial charge on any atom is 0.223 e. The Kier molecular flexibility index (Phi) is 5.48. The zero-order valence-corrected chi connectivity index (χ0v) is 21.4. The van der Waals surface area contributed by atoms with Crippen LogP contribution in [0.15, 0.2) is 48.7 Å². The van der Waals surface area contributed by atoms with Crippen molar-refractivity contribution < 1.29 is 19.3 Å². The summed E-state index contributed by atoms with van der Waals surface area (Å²) in [6.07, 6.45) is 3.59. The van der Waals surface area contributed by atoms with Crippen LogP contribution in [0.3, 0.4) is 0 Å². The Balaban J connectivity index is 1.60. The first-order valence-electron chi connectivity index (χ1n) is 13.2. The van der Waals surface area contributed by atoms with Crippen LogP contribution in [0.1, 0.15) is 30.0 Å². The molecule has 5 aromatic rings. The van der Waals surface area contributed by atoms with Crippen LogP contribution in [-0.4, -0.2) is 39.5 Å². The van der Waals surface area contributed by atoms with E-state index < -0.39 is 5.82 Å². The number of phenolic OH excluding ortho intramolecular Hbond substituents is 1. The molecule has 7 nitrogen and oxygen atoms in total. The fourth-order valence-corrected chi connectivity index (χ4v) is 6.78. The highest BCUT2D eigenvalue weighted by Gasteiger charge is 2.48. The first kappa shape index (κ1) is 23.9. The number of aromatic hydroxyl groups is 1. The largest absolute Gasteiger partial charge is 0.508 e. The fraction of sp³-hybridized carbons (Fsp3) is 0.290. The third-order valence-corrected chi connectivity index (χ3v) is 8.52. The number of nitrogens with one attached hydrogen (secondary N) is 1. The van der Waals surface area contributed by atoms with Crippen LogP contribution >= 0.6 is 0 Å². The number of aliphatic hydroxyl groups excluding tert-OH is 1. The van der Waals surface area contributed by atoms with Gasteiger partial charge in [-0.25, -0.2) is 9.37 Å². The van der Waals surface area contributed by atoms with Gasteiger partial charge < -0.3 is 24.8 Å². The number of nitriles is 1. The molecule has 2 bridgehead atoms. The fourth-order valence-electron chi connectivity index (χ4n) is 6.78. The van der Waals surface area contributed by atoms with Gasteiger partial charge in [0.25, 0.3) is 0 Å². The van der Waals surface area contributed by atoms with E-state index in [1.165, 1.54) is 7.11 Å². The van der Waals surface area contributed by atoms with Gasteiger partial charge in [-0.15, -0.1) is 0 Å². The maximum absolute atomic E-state index is 16.9. The van der Waals surface area contributed by atoms with E-state index in [1.807, 2.05) is 36.5 Å². The SMILES string of the molecule is COc1nc2c(F)c(-c3cc(O)cc4ccccc34)c(CCC#N)cc2c2c1c(CO)cn2C1C2CNC1C2. The van der Waals surface area contributed by atoms with Crippen molar-refractivity contribution >= 4 is 32.6 Å². The molecule has 3 N–H and O–H groups in total. The van der Waals surface area contributed by atoms with E-state index in [1.54, 1.807) is 12.1 Å². The summed E-state index contributed by atoms with van der Waals surface area (Å²) in [4.78, 5) is 4.65. The molecule has 3 fully saturated rings. The summed E-state index contributed by atoms with van der Waals surface area (Å²) in [5.41, 5.74) is 3.17. The lowest BCUT2D eigenvalue weighted by Gasteiger charge is -2.36. The number of benzene rings is 3. The Labute approximate surface area is 224 Å². The Morgan fingerprint density at radius 2 is 2.05 bits per heavy atom. The van der Waals surface area contributed by atoms with Gasteiger partial charge in [0.2, 0.25) is 5.88 Å². The quantitative estimate of drug-likeness (QED) is 0.278. The molecule has 0 spiro atoms. The van der Waals surface area contributed by atoms with Crippen molar-refractivity contribution in [3.63, 3.8) is 0 Å². The maximum atomic E-state index is 16.9. The molecule has 8 heteroatoms. The van der Waals surface area contributed by atoms with Crippen LogP contribution in [0.4, 0.5) is 4.39 Å². The van der Waals surface area contributed by atoms with Crippen molar-refractivity contribution in [2.24, 2.45) is 5.92 Å². The minimum absolute atomic E-state index is 0.0323. The number of rotatable bonds is 6. The van der Waals surface area contributed by atoms with Gasteiger partial charge in [-0.05, 0) is 58.9 Å². The lowest BCUT2D eigenvalue weighted by molar-refractivity contribution is 0.224. The first-order chi connectivity index (χ1) is 19.0. The Bertz CT molecular complexity index is 1830. The number of ether oxygens (including phenoxy) is 1. The van der Waals surface area contributed by atoms with E-state index in [9.17, 15) is 15.5 Å². The molecule has 196 valence electrons. The van der Waals surface area contributed by atoms with E-state index in [2.05, 4.69) is 20.9 Å². The molecule has 8 rings (SSSR count). The van der Waals surface area contributed by atoms with Gasteiger partial charge in [0.15, 0.2) is 5.82 Å². The highest BCUT2D eigenvalue weighted by Crippen LogP contribution is 2.49. The van der Waals surface area contributed by atoms with Crippen LogP contribution in [0, 0.1) is 23.1 Å². The van der Waals surface area contributed by atoms with E-state index in [4.69, 9.17) is 4.74 Å². The number of hydrogen-bond acceptors (Lipinski definition) is 6. The van der Waals surface area contributed by atoms with Gasteiger partial charge in [0, 0.05) is 41.7 Å². The summed E-state index contributed by atoms with van der Waals surface area (Å²) in [6, 6.07) is 15.4. The van der Waals surface area contributed by atoms with Crippen molar-refractivity contribution in [1.29, 1.82) is 5.26 Å². The Morgan fingerprint density at radius 3 is 2.77 bits per heavy atom. The molecular weight excluding hydrogens is 495 g/mol. The number of fused-ring (bicyclic) bond motifs is 5. The van der Waals surface area contributed by atoms with Gasteiger partial charge in [0.05, 0.1) is 36.7 Å². The van der Waals surface area contributed by atoms with Crippen LogP contribution in [0.2, 0.25) is 0 Å². The van der Waals surface area contributed by atoms with Crippen molar-refractivity contribution in [1.82, 2.24) is 14.9 Å². The van der Waals surface area contributed by atoms with Gasteiger partial charge in [-0.1, -0.05) is 24.3 Å². The number of methoxy groups -OCH3 is 1. The van der Waals surface area contributed by atoms with Crippen molar-refractivity contribution in [2.45, 2.75) is 38.0 Å². The van der Waals surface area contributed by atoms with Crippen molar-refractivity contribution in [2.75, 3.05) is 13.7 Å². The highest BCUT2D eigenvalue weighted by molar-refractivity contribution is 6.10. The molecule has 3 atom stereocenters. The van der Waals surface area contributed by atoms with Crippen LogP contribution in [-0.2, 0) is 13.0 Å². The molecule has 2 saturated heterocycles. The molecule has 3 unspecified atom stereocenters. The molecule has 39 heavy (non-hydrogen) atoms. The van der Waals surface area contributed by atoms with Gasteiger partial charge in [-0.3, -0.25) is 0 Å². The summed E-state index contributed by atoms with van der Waals surface area (Å²) in [6.45, 7) is 0.736. The predicted octanol–water partition coefficient (Wildman–Crippen LogP) is 5.34. The summed E-state index contributed by atoms with van der Waals surface area (Å²) in [7, 11) is 1.50. The van der Waals surface area contributed by atoms with Gasteiger partial charge in [-0.2, -0.15) is 5.26 Å². The number of nitrogens with zero attached hydrogens (tertiary/aromatic N) is 3. The molecule has 2 aliphatic heterocycles. The smallest absolute Gasteiger partial charge is 0.223 e. The summed E-state index contributed by atoms with van der Waals surface area (Å²) in [5.74, 6) is 0.233. The lowest BCUT2D eigenvalue weighted by Crippen LogP contribution is -2.38. The zero-order valence-electron chi connectivity index (χ0n) is 21.4. The third-order valence-electron chi connectivity index (χ3n) is 8.52. The number of pyridine rings is 1. The minimum Gasteiger partial charge on any atom is -0.508 e. The highest BCUT2D eigenvalue weighted by atomic mass is 19.1. The number of halogens is 1. The summed E-state index contributed by atoms with van der Waals surface area (Å²) >= 11 is 0. The number of aliphatic hydroxyl groups is 1. The first-order valence-corrected chi connectivity index (χ1v) is 13.2. The molecular formula is C31H27FN4O3. The summed E-state index contributed by atoms with van der Waals surface area (Å²) < 4.78 is 24.7. The normalized spacial score (nSPS) is 20.0. The molecule has 2 aromatic heterocycles. The minimum atomic E-state index is -0.524. The zero-order chi connectivity index (χ0) is 26.8. The number of phenols is 1. The molecule has 1 aliphatic carbocycles. The Morgan fingerprint density at radius 1 is 1.21 bits per heavy atom. The Hall–Kier alpha value is -4.19. The molecule has 3 aliphatic rings. The van der Waals surface area contributed by atoms with Gasteiger partial charge in [0.1, 0.15) is 11.3 Å². The average Bonchev–Trinajstić information content (AvgIpc) is 3.67. The molecule has 0 radical (unpaired) electrons. The predicted molar refractivity (Wildman–Crippen MR) is 147 cm³/mol. The lowest BCUT2D eigenvalue weighted by atomic mass is 9.80. The number of aromatic nitrogens is 2. The van der Waals surface area contributed by atoms with Crippen molar-refractivity contribution in [3.05, 3.63) is 65.6 Å². The molecule has 4 heterocycles. The van der Waals surface area contributed by atoms with E-state index >= 15 is 4.39 Å². The summed E-state index contributed by atoms with van der Waals surface area (Å²) in [5, 5.41) is 36.7. The number of aryl methyl sites for hydroxylation is 1. The van der Waals surface area contributed by atoms with Crippen LogP contribution < -0.4 is 10.1 Å². The second-order valence-corrected chi connectivity index (χ2v) is 10.6. The average molecular weight is 523 g/mol. The second-order valence-electron chi connectivity index (χ2n) is 10.6. The topological polar surface area (TPSA) is 103 Å². The van der Waals surface area contributed by atoms with Crippen molar-refractivity contribution in [3.8, 4) is 28.8 Å². The third kappa shape index (κ3) is 3.43. The van der Waals surface area contributed by atoms with Gasteiger partial charge >= 0.3 is 0 Å². The number of hydrogen-bond donors (Lipinski definition) is 3. The second kappa shape index (κ2) is 8.94. The molecule has 3 aromatic carbocycles. The molecule has 1 saturated carbocycles. The standard InChI is InChI=1S/C31H27FN4O3/c1-39-31-26-19(15-37)14-36(29-18-11-24(29)34-13-18)30(26)23-10-17(6-4-8-33)25(27(32)28(23)35-31)22-12-20(38)9-16-5-2-3-7-21(16)22/h2-3,5,7,9-10,12,14,18,24,29,34,37-38H,4,6,11,13,15H2,1H3. The monoisotopic (exact) mass is 522 g/mol. The van der Waals surface area contributed by atoms with E-state index in [0.717, 1.165) is 29.3 Å².